The molecule has 1 rings (SSSR count). The van der Waals surface area contributed by atoms with Gasteiger partial charge in [0.1, 0.15) is 9.84 Å². The molecule has 0 radical (unpaired) electrons. The monoisotopic (exact) mass is 305 g/mol. The van der Waals surface area contributed by atoms with Gasteiger partial charge in [0.15, 0.2) is 0 Å². The highest BCUT2D eigenvalue weighted by Gasteiger charge is 2.33. The lowest BCUT2D eigenvalue weighted by atomic mass is 9.80. The molecule has 20 heavy (non-hydrogen) atoms. The van der Waals surface area contributed by atoms with Crippen LogP contribution in [0.5, 0.6) is 0 Å². The molecule has 1 saturated carbocycles. The molecule has 1 N–H and O–H groups in total. The lowest BCUT2D eigenvalue weighted by Crippen LogP contribution is -2.44. The second kappa shape index (κ2) is 6.56. The summed E-state index contributed by atoms with van der Waals surface area (Å²) in [7, 11) is -1.56. The fourth-order valence-electron chi connectivity index (χ4n) is 2.69. The first kappa shape index (κ1) is 16.9. The number of rotatable bonds is 5. The summed E-state index contributed by atoms with van der Waals surface area (Å²) < 4.78 is 22.5. The molecule has 6 nitrogen and oxygen atoms in total. The Morgan fingerprint density at radius 2 is 1.85 bits per heavy atom. The van der Waals surface area contributed by atoms with E-state index in [2.05, 4.69) is 0 Å². The van der Waals surface area contributed by atoms with Crippen LogP contribution in [0.2, 0.25) is 0 Å². The van der Waals surface area contributed by atoms with Crippen LogP contribution in [0.1, 0.15) is 32.6 Å². The van der Waals surface area contributed by atoms with Crippen LogP contribution in [0, 0.1) is 11.8 Å². The molecular formula is C13H23NO5S. The number of nitrogens with zero attached hydrogens (tertiary/aromatic N) is 1. The van der Waals surface area contributed by atoms with Crippen LogP contribution in [-0.2, 0) is 19.4 Å². The first-order chi connectivity index (χ1) is 9.11. The SMILES string of the molecule is CC(CS(C)(=O)=O)N(C)C(=O)C1CCCC(C(=O)O)C1. The Bertz CT molecular complexity index is 473. The number of carbonyl (C=O) groups excluding carboxylic acids is 1. The minimum absolute atomic E-state index is 0.0790. The largest absolute Gasteiger partial charge is 0.481 e. The second-order valence-electron chi connectivity index (χ2n) is 5.79. The molecule has 116 valence electrons. The number of amides is 1. The van der Waals surface area contributed by atoms with E-state index in [0.717, 1.165) is 12.7 Å². The fourth-order valence-corrected chi connectivity index (χ4v) is 3.79. The Labute approximate surface area is 120 Å². The number of hydrogen-bond acceptors (Lipinski definition) is 4. The Hall–Kier alpha value is -1.11. The average Bonchev–Trinajstić information content (AvgIpc) is 2.35. The van der Waals surface area contributed by atoms with Crippen molar-refractivity contribution in [3.63, 3.8) is 0 Å². The topological polar surface area (TPSA) is 91.8 Å². The Balaban J connectivity index is 2.66. The molecule has 0 aromatic heterocycles. The van der Waals surface area contributed by atoms with Crippen molar-refractivity contribution in [1.82, 2.24) is 4.90 Å². The van der Waals surface area contributed by atoms with Crippen molar-refractivity contribution < 1.29 is 23.1 Å². The molecule has 0 aliphatic heterocycles. The van der Waals surface area contributed by atoms with E-state index in [1.807, 2.05) is 0 Å². The van der Waals surface area contributed by atoms with Crippen LogP contribution in [0.3, 0.4) is 0 Å². The highest BCUT2D eigenvalue weighted by molar-refractivity contribution is 7.90. The van der Waals surface area contributed by atoms with Crippen molar-refractivity contribution in [1.29, 1.82) is 0 Å². The minimum Gasteiger partial charge on any atom is -0.481 e. The zero-order chi connectivity index (χ0) is 15.5. The van der Waals surface area contributed by atoms with Crippen LogP contribution in [-0.4, -0.2) is 55.4 Å². The normalized spacial score (nSPS) is 24.9. The van der Waals surface area contributed by atoms with E-state index >= 15 is 0 Å². The smallest absolute Gasteiger partial charge is 0.306 e. The number of carbonyl (C=O) groups is 2. The van der Waals surface area contributed by atoms with Crippen molar-refractivity contribution in [2.24, 2.45) is 11.8 Å². The van der Waals surface area contributed by atoms with Crippen LogP contribution >= 0.6 is 0 Å². The third kappa shape index (κ3) is 4.77. The van der Waals surface area contributed by atoms with Crippen molar-refractivity contribution >= 4 is 21.7 Å². The summed E-state index contributed by atoms with van der Waals surface area (Å²) in [6.07, 6.45) is 3.51. The second-order valence-corrected chi connectivity index (χ2v) is 7.97. The van der Waals surface area contributed by atoms with E-state index in [-0.39, 0.29) is 17.6 Å². The summed E-state index contributed by atoms with van der Waals surface area (Å²) in [5, 5.41) is 9.03. The highest BCUT2D eigenvalue weighted by atomic mass is 32.2. The van der Waals surface area contributed by atoms with Gasteiger partial charge in [0, 0.05) is 25.3 Å². The molecule has 3 unspecified atom stereocenters. The Morgan fingerprint density at radius 3 is 2.35 bits per heavy atom. The van der Waals surface area contributed by atoms with Gasteiger partial charge in [0.05, 0.1) is 11.7 Å². The van der Waals surface area contributed by atoms with Gasteiger partial charge in [-0.1, -0.05) is 6.42 Å². The fraction of sp³-hybridized carbons (Fsp3) is 0.846. The summed E-state index contributed by atoms with van der Waals surface area (Å²) in [6, 6.07) is -0.400. The van der Waals surface area contributed by atoms with Gasteiger partial charge in [0.25, 0.3) is 0 Å². The molecular weight excluding hydrogens is 282 g/mol. The van der Waals surface area contributed by atoms with Gasteiger partial charge in [0.2, 0.25) is 5.91 Å². The van der Waals surface area contributed by atoms with Gasteiger partial charge < -0.3 is 10.0 Å². The summed E-state index contributed by atoms with van der Waals surface area (Å²) in [5.74, 6) is -1.85. The summed E-state index contributed by atoms with van der Waals surface area (Å²) in [6.45, 7) is 1.69. The van der Waals surface area contributed by atoms with Crippen molar-refractivity contribution in [3.05, 3.63) is 0 Å². The molecule has 0 saturated heterocycles. The molecule has 0 spiro atoms. The Morgan fingerprint density at radius 1 is 1.30 bits per heavy atom. The maximum atomic E-state index is 12.3. The van der Waals surface area contributed by atoms with Gasteiger partial charge in [-0.25, -0.2) is 8.42 Å². The van der Waals surface area contributed by atoms with E-state index in [1.165, 1.54) is 4.90 Å². The molecule has 0 bridgehead atoms. The van der Waals surface area contributed by atoms with Crippen LogP contribution in [0.4, 0.5) is 0 Å². The molecule has 3 atom stereocenters. The average molecular weight is 305 g/mol. The number of aliphatic carboxylic acids is 1. The van der Waals surface area contributed by atoms with Crippen LogP contribution in [0.25, 0.3) is 0 Å². The molecule has 7 heteroatoms. The number of sulfone groups is 1. The predicted octanol–water partition coefficient (Wildman–Crippen LogP) is 0.769. The third-order valence-corrected chi connectivity index (χ3v) is 5.01. The van der Waals surface area contributed by atoms with E-state index in [9.17, 15) is 18.0 Å². The van der Waals surface area contributed by atoms with Gasteiger partial charge >= 0.3 is 5.97 Å². The zero-order valence-electron chi connectivity index (χ0n) is 12.2. The number of hydrogen-bond donors (Lipinski definition) is 1. The van der Waals surface area contributed by atoms with Crippen molar-refractivity contribution in [2.75, 3.05) is 19.1 Å². The highest BCUT2D eigenvalue weighted by Crippen LogP contribution is 2.30. The maximum Gasteiger partial charge on any atom is 0.306 e. The first-order valence-electron chi connectivity index (χ1n) is 6.79. The van der Waals surface area contributed by atoms with Gasteiger partial charge in [-0.2, -0.15) is 0 Å². The molecule has 1 aliphatic carbocycles. The first-order valence-corrected chi connectivity index (χ1v) is 8.85. The summed E-state index contributed by atoms with van der Waals surface area (Å²) >= 11 is 0. The van der Waals surface area contributed by atoms with E-state index in [0.29, 0.717) is 19.3 Å². The zero-order valence-corrected chi connectivity index (χ0v) is 13.0. The molecule has 0 heterocycles. The van der Waals surface area contributed by atoms with Crippen LogP contribution in [0.15, 0.2) is 0 Å². The quantitative estimate of drug-likeness (QED) is 0.810. The molecule has 0 aromatic rings. The van der Waals surface area contributed by atoms with E-state index < -0.39 is 27.8 Å². The predicted molar refractivity (Wildman–Crippen MR) is 75.0 cm³/mol. The molecule has 0 aromatic carbocycles. The summed E-state index contributed by atoms with van der Waals surface area (Å²) in [4.78, 5) is 24.8. The lowest BCUT2D eigenvalue weighted by molar-refractivity contribution is -0.145. The lowest BCUT2D eigenvalue weighted by Gasteiger charge is -2.32. The van der Waals surface area contributed by atoms with Gasteiger partial charge in [-0.05, 0) is 26.2 Å². The molecule has 1 amide bonds. The van der Waals surface area contributed by atoms with Gasteiger partial charge in [-0.15, -0.1) is 0 Å². The van der Waals surface area contributed by atoms with E-state index in [4.69, 9.17) is 5.11 Å². The number of carboxylic acids is 1. The van der Waals surface area contributed by atoms with Gasteiger partial charge in [-0.3, -0.25) is 9.59 Å². The third-order valence-electron chi connectivity index (χ3n) is 3.93. The van der Waals surface area contributed by atoms with E-state index in [1.54, 1.807) is 14.0 Å². The summed E-state index contributed by atoms with van der Waals surface area (Å²) in [5.41, 5.74) is 0. The Kier molecular flexibility index (Phi) is 5.56. The standard InChI is InChI=1S/C13H23NO5S/c1-9(8-20(3,18)19)14(2)12(15)10-5-4-6-11(7-10)13(16)17/h9-11H,4-8H2,1-3H3,(H,16,17). The van der Waals surface area contributed by atoms with Crippen LogP contribution < -0.4 is 0 Å². The molecule has 1 fully saturated rings. The maximum absolute atomic E-state index is 12.3. The molecule has 1 aliphatic rings. The number of carboxylic acid groups (broad SMARTS) is 1. The minimum atomic E-state index is -3.14. The van der Waals surface area contributed by atoms with Crippen molar-refractivity contribution in [3.8, 4) is 0 Å². The van der Waals surface area contributed by atoms with Crippen molar-refractivity contribution in [2.45, 2.75) is 38.6 Å².